The summed E-state index contributed by atoms with van der Waals surface area (Å²) >= 11 is 0. The molecule has 14 heavy (non-hydrogen) atoms. The van der Waals surface area contributed by atoms with Gasteiger partial charge in [0, 0.05) is 5.92 Å². The maximum Gasteiger partial charge on any atom is 0.183 e. The zero-order chi connectivity index (χ0) is 10.9. The zero-order valence-electron chi connectivity index (χ0n) is 8.37. The molecule has 5 heteroatoms. The van der Waals surface area contributed by atoms with E-state index in [9.17, 15) is 15.3 Å². The van der Waals surface area contributed by atoms with Crippen molar-refractivity contribution in [2.45, 2.75) is 38.4 Å². The summed E-state index contributed by atoms with van der Waals surface area (Å²) in [6, 6.07) is 0. The van der Waals surface area contributed by atoms with Gasteiger partial charge in [0.05, 0.1) is 18.8 Å². The van der Waals surface area contributed by atoms with Gasteiger partial charge in [-0.05, 0) is 5.92 Å². The van der Waals surface area contributed by atoms with E-state index in [1.807, 2.05) is 13.8 Å². The van der Waals surface area contributed by atoms with Gasteiger partial charge in [-0.25, -0.2) is 0 Å². The first-order valence-corrected chi connectivity index (χ1v) is 4.79. The van der Waals surface area contributed by atoms with E-state index in [1.54, 1.807) is 0 Å². The van der Waals surface area contributed by atoms with Crippen LogP contribution in [0.1, 0.15) is 13.8 Å². The molecular weight excluding hydrogens is 188 g/mol. The number of ether oxygens (including phenoxy) is 1. The third-order valence-electron chi connectivity index (χ3n) is 2.73. The predicted molar refractivity (Wildman–Crippen MR) is 48.3 cm³/mol. The molecule has 4 N–H and O–H groups in total. The number of rotatable bonds is 2. The molecule has 1 aliphatic rings. The highest BCUT2D eigenvalue weighted by molar-refractivity contribution is 4.89. The van der Waals surface area contributed by atoms with Crippen LogP contribution in [0.5, 0.6) is 0 Å². The first-order chi connectivity index (χ1) is 6.49. The second kappa shape index (κ2) is 4.55. The van der Waals surface area contributed by atoms with Crippen LogP contribution in [0.3, 0.4) is 0 Å². The highest BCUT2D eigenvalue weighted by Gasteiger charge is 2.44. The minimum atomic E-state index is -1.42. The molecule has 0 radical (unpaired) electrons. The first kappa shape index (κ1) is 11.9. The van der Waals surface area contributed by atoms with E-state index < -0.39 is 24.6 Å². The molecule has 0 saturated carbocycles. The predicted octanol–water partition coefficient (Wildman–Crippen LogP) is -1.31. The van der Waals surface area contributed by atoms with Crippen molar-refractivity contribution in [2.24, 2.45) is 11.8 Å². The Morgan fingerprint density at radius 2 is 1.71 bits per heavy atom. The second-order valence-electron chi connectivity index (χ2n) is 4.05. The Labute approximate surface area is 82.9 Å². The lowest BCUT2D eigenvalue weighted by Gasteiger charge is -2.42. The van der Waals surface area contributed by atoms with Crippen molar-refractivity contribution >= 4 is 0 Å². The molecule has 1 fully saturated rings. The molecule has 0 amide bonds. The lowest BCUT2D eigenvalue weighted by molar-refractivity contribution is -0.279. The molecule has 1 aliphatic heterocycles. The van der Waals surface area contributed by atoms with Crippen LogP contribution in [0.25, 0.3) is 0 Å². The maximum atomic E-state index is 9.68. The summed E-state index contributed by atoms with van der Waals surface area (Å²) in [5.41, 5.74) is 0. The molecule has 1 heterocycles. The van der Waals surface area contributed by atoms with Gasteiger partial charge in [0.2, 0.25) is 0 Å². The summed E-state index contributed by atoms with van der Waals surface area (Å²) in [6.07, 6.45) is -4.40. The summed E-state index contributed by atoms with van der Waals surface area (Å²) in [5, 5.41) is 37.3. The van der Waals surface area contributed by atoms with Gasteiger partial charge in [-0.1, -0.05) is 13.8 Å². The Kier molecular flexibility index (Phi) is 3.86. The fourth-order valence-electron chi connectivity index (χ4n) is 1.95. The topological polar surface area (TPSA) is 90.2 Å². The van der Waals surface area contributed by atoms with E-state index in [1.165, 1.54) is 0 Å². The van der Waals surface area contributed by atoms with E-state index >= 15 is 0 Å². The van der Waals surface area contributed by atoms with Crippen molar-refractivity contribution in [1.82, 2.24) is 0 Å². The molecule has 0 bridgehead atoms. The summed E-state index contributed by atoms with van der Waals surface area (Å²) in [7, 11) is 0. The average Bonchev–Trinajstić information content (AvgIpc) is 2.12. The van der Waals surface area contributed by atoms with Crippen LogP contribution in [0.4, 0.5) is 0 Å². The van der Waals surface area contributed by atoms with Crippen LogP contribution in [0, 0.1) is 11.8 Å². The molecule has 1 rings (SSSR count). The molecule has 5 atom stereocenters. The van der Waals surface area contributed by atoms with Crippen LogP contribution >= 0.6 is 0 Å². The second-order valence-corrected chi connectivity index (χ2v) is 4.05. The molecule has 2 unspecified atom stereocenters. The van der Waals surface area contributed by atoms with Gasteiger partial charge in [0.25, 0.3) is 0 Å². The minimum absolute atomic E-state index is 0.0595. The van der Waals surface area contributed by atoms with Crippen molar-refractivity contribution < 1.29 is 25.2 Å². The Morgan fingerprint density at radius 1 is 1.14 bits per heavy atom. The Hall–Kier alpha value is -0.200. The number of aliphatic hydroxyl groups excluding tert-OH is 4. The minimum Gasteiger partial charge on any atom is -0.394 e. The molecule has 0 aromatic carbocycles. The van der Waals surface area contributed by atoms with Crippen molar-refractivity contribution in [3.8, 4) is 0 Å². The summed E-state index contributed by atoms with van der Waals surface area (Å²) < 4.78 is 4.99. The van der Waals surface area contributed by atoms with Gasteiger partial charge in [0.15, 0.2) is 6.29 Å². The van der Waals surface area contributed by atoms with Crippen LogP contribution in [-0.4, -0.2) is 51.6 Å². The zero-order valence-corrected chi connectivity index (χ0v) is 8.37. The van der Waals surface area contributed by atoms with Crippen LogP contribution in [0.2, 0.25) is 0 Å². The molecule has 0 spiro atoms. The van der Waals surface area contributed by atoms with Gasteiger partial charge in [-0.3, -0.25) is 0 Å². The molecule has 1 saturated heterocycles. The Bertz CT molecular complexity index is 182. The third kappa shape index (κ3) is 2.07. The fraction of sp³-hybridized carbons (Fsp3) is 1.00. The molecular formula is C9H18O5. The van der Waals surface area contributed by atoms with Crippen molar-refractivity contribution in [2.75, 3.05) is 6.61 Å². The first-order valence-electron chi connectivity index (χ1n) is 4.79. The summed E-state index contributed by atoms with van der Waals surface area (Å²) in [4.78, 5) is 0. The lowest BCUT2D eigenvalue weighted by Crippen LogP contribution is -2.56. The largest absolute Gasteiger partial charge is 0.394 e. The monoisotopic (exact) mass is 206 g/mol. The Balaban J connectivity index is 2.78. The normalized spacial score (nSPS) is 44.4. The van der Waals surface area contributed by atoms with Gasteiger partial charge in [-0.2, -0.15) is 0 Å². The van der Waals surface area contributed by atoms with Crippen LogP contribution in [0.15, 0.2) is 0 Å². The van der Waals surface area contributed by atoms with Gasteiger partial charge in [0.1, 0.15) is 6.10 Å². The maximum absolute atomic E-state index is 9.68. The third-order valence-corrected chi connectivity index (χ3v) is 2.73. The van der Waals surface area contributed by atoms with Crippen molar-refractivity contribution in [3.63, 3.8) is 0 Å². The fourth-order valence-corrected chi connectivity index (χ4v) is 1.95. The van der Waals surface area contributed by atoms with Gasteiger partial charge >= 0.3 is 0 Å². The van der Waals surface area contributed by atoms with E-state index in [0.717, 1.165) is 0 Å². The van der Waals surface area contributed by atoms with Crippen molar-refractivity contribution in [3.05, 3.63) is 0 Å². The molecule has 0 aromatic heterocycles. The van der Waals surface area contributed by atoms with E-state index in [-0.39, 0.29) is 18.4 Å². The highest BCUT2D eigenvalue weighted by atomic mass is 16.6. The van der Waals surface area contributed by atoms with E-state index in [0.29, 0.717) is 0 Å². The average molecular weight is 206 g/mol. The van der Waals surface area contributed by atoms with Gasteiger partial charge in [-0.15, -0.1) is 0 Å². The summed E-state index contributed by atoms with van der Waals surface area (Å²) in [6.45, 7) is 3.46. The lowest BCUT2D eigenvalue weighted by atomic mass is 9.81. The number of hydrogen-bond donors (Lipinski definition) is 4. The molecule has 5 nitrogen and oxygen atoms in total. The molecule has 84 valence electrons. The van der Waals surface area contributed by atoms with E-state index in [2.05, 4.69) is 0 Å². The molecule has 0 aromatic rings. The van der Waals surface area contributed by atoms with Crippen molar-refractivity contribution in [1.29, 1.82) is 0 Å². The van der Waals surface area contributed by atoms with Crippen LogP contribution in [-0.2, 0) is 4.74 Å². The van der Waals surface area contributed by atoms with Gasteiger partial charge < -0.3 is 25.2 Å². The standard InChI is InChI=1S/C9H18O5/c1-4(2)6-5(3-10)14-9(13)8(12)7(6)11/h4-13H,3H2,1-2H3/t5-,6?,7+,8-,9?/m0/s1. The Morgan fingerprint density at radius 3 is 2.14 bits per heavy atom. The quantitative estimate of drug-likeness (QED) is 0.450. The highest BCUT2D eigenvalue weighted by Crippen LogP contribution is 2.30. The van der Waals surface area contributed by atoms with E-state index in [4.69, 9.17) is 9.84 Å². The molecule has 0 aliphatic carbocycles. The number of hydrogen-bond acceptors (Lipinski definition) is 5. The smallest absolute Gasteiger partial charge is 0.183 e. The SMILES string of the molecule is CC(C)C1[C@H](CO)OC(O)[C@@H](O)[C@@H]1O. The summed E-state index contributed by atoms with van der Waals surface area (Å²) in [5.74, 6) is -0.303. The van der Waals surface area contributed by atoms with Crippen LogP contribution < -0.4 is 0 Å². The number of aliphatic hydroxyl groups is 4.